The van der Waals surface area contributed by atoms with E-state index < -0.39 is 59.9 Å². The Bertz CT molecular complexity index is 1700. The summed E-state index contributed by atoms with van der Waals surface area (Å²) in [7, 11) is -12.0. The van der Waals surface area contributed by atoms with Crippen LogP contribution in [-0.4, -0.2) is 55.1 Å². The summed E-state index contributed by atoms with van der Waals surface area (Å²) in [6.07, 6.45) is 3.29. The fourth-order valence-corrected chi connectivity index (χ4v) is 7.06. The first kappa shape index (κ1) is 39.8. The van der Waals surface area contributed by atoms with Gasteiger partial charge in [-0.25, -0.2) is 44.2 Å². The van der Waals surface area contributed by atoms with Crippen LogP contribution in [-0.2, 0) is 47.8 Å². The Labute approximate surface area is 279 Å². The fourth-order valence-electron chi connectivity index (χ4n) is 3.89. The minimum Gasteiger partial charge on any atom is -0.444 e. The lowest BCUT2D eigenvalue weighted by molar-refractivity contribution is 0.0514. The summed E-state index contributed by atoms with van der Waals surface area (Å²) in [6.45, 7) is 10.1. The van der Waals surface area contributed by atoms with Gasteiger partial charge in [0.15, 0.2) is 0 Å². The van der Waals surface area contributed by atoms with Gasteiger partial charge < -0.3 is 10.1 Å². The largest absolute Gasteiger partial charge is 0.444 e. The second-order valence-corrected chi connectivity index (χ2v) is 17.0. The van der Waals surface area contributed by atoms with Crippen molar-refractivity contribution in [3.05, 3.63) is 106 Å². The van der Waals surface area contributed by atoms with Crippen molar-refractivity contribution in [2.24, 2.45) is 5.92 Å². The van der Waals surface area contributed by atoms with Crippen LogP contribution in [0.4, 0.5) is 4.79 Å². The average molecular weight is 711 g/mol. The predicted octanol–water partition coefficient (Wildman–Crippen LogP) is 4.04. The van der Waals surface area contributed by atoms with Crippen molar-refractivity contribution >= 4 is 36.2 Å². The molecule has 15 heteroatoms. The second kappa shape index (κ2) is 17.7. The number of carbonyl (C=O) groups excluding carboxylic acids is 1. The zero-order chi connectivity index (χ0) is 35.3. The van der Waals surface area contributed by atoms with Crippen molar-refractivity contribution in [2.45, 2.75) is 78.2 Å². The van der Waals surface area contributed by atoms with Gasteiger partial charge >= 0.3 is 6.09 Å². The third-order valence-corrected chi connectivity index (χ3v) is 9.59. The molecule has 0 aliphatic heterocycles. The summed E-state index contributed by atoms with van der Waals surface area (Å²) in [5.41, 5.74) is 0.868. The van der Waals surface area contributed by atoms with E-state index in [9.17, 15) is 30.0 Å². The molecule has 0 bridgehead atoms. The third-order valence-electron chi connectivity index (χ3n) is 6.19. The van der Waals surface area contributed by atoms with E-state index in [4.69, 9.17) is 4.74 Å². The number of hydrogen-bond donors (Lipinski definition) is 4. The first-order valence-electron chi connectivity index (χ1n) is 14.9. The molecule has 0 aliphatic rings. The molecular formula is C32H46N4O8S3. The highest BCUT2D eigenvalue weighted by Gasteiger charge is 2.21. The number of hydrogen-bond acceptors (Lipinski definition) is 8. The molecule has 0 saturated carbocycles. The highest BCUT2D eigenvalue weighted by atomic mass is 32.2. The maximum absolute atomic E-state index is 12.8. The molecule has 0 spiro atoms. The Kier molecular flexibility index (Phi) is 15.0. The topological polar surface area (TPSA) is 177 Å². The van der Waals surface area contributed by atoms with Crippen LogP contribution >= 0.6 is 0 Å². The Morgan fingerprint density at radius 2 is 1.23 bits per heavy atom. The molecule has 0 radical (unpaired) electrons. The van der Waals surface area contributed by atoms with Gasteiger partial charge in [0.05, 0.1) is 6.04 Å². The van der Waals surface area contributed by atoms with E-state index in [0.29, 0.717) is 6.42 Å². The Morgan fingerprint density at radius 1 is 0.723 bits per heavy atom. The van der Waals surface area contributed by atoms with Crippen LogP contribution in [0.1, 0.15) is 52.7 Å². The number of ether oxygens (including phenoxy) is 1. The summed E-state index contributed by atoms with van der Waals surface area (Å²) in [6, 6.07) is 15.6. The van der Waals surface area contributed by atoms with Crippen LogP contribution < -0.4 is 19.5 Å². The zero-order valence-electron chi connectivity index (χ0n) is 27.5. The van der Waals surface area contributed by atoms with Gasteiger partial charge in [0, 0.05) is 34.9 Å². The van der Waals surface area contributed by atoms with E-state index >= 15 is 0 Å². The van der Waals surface area contributed by atoms with Crippen LogP contribution in [0.5, 0.6) is 0 Å². The lowest BCUT2D eigenvalue weighted by Crippen LogP contribution is -2.39. The molecule has 47 heavy (non-hydrogen) atoms. The monoisotopic (exact) mass is 710 g/mol. The molecule has 0 unspecified atom stereocenters. The molecule has 0 saturated heterocycles. The zero-order valence-corrected chi connectivity index (χ0v) is 29.9. The molecule has 260 valence electrons. The van der Waals surface area contributed by atoms with Crippen LogP contribution in [0.3, 0.4) is 0 Å². The Balaban J connectivity index is 2.06. The number of rotatable bonds is 17. The van der Waals surface area contributed by atoms with E-state index in [2.05, 4.69) is 19.5 Å². The van der Waals surface area contributed by atoms with Gasteiger partial charge in [0.25, 0.3) is 0 Å². The molecular weight excluding hydrogens is 665 g/mol. The number of nitrogens with one attached hydrogen (secondary N) is 4. The first-order chi connectivity index (χ1) is 21.7. The summed E-state index contributed by atoms with van der Waals surface area (Å²) in [5.74, 6) is -0.307. The summed E-state index contributed by atoms with van der Waals surface area (Å²) in [4.78, 5) is 12.4. The van der Waals surface area contributed by atoms with E-state index in [1.165, 1.54) is 19.1 Å². The summed E-state index contributed by atoms with van der Waals surface area (Å²) in [5, 5.41) is 5.30. The van der Waals surface area contributed by atoms with E-state index in [0.717, 1.165) is 33.4 Å². The van der Waals surface area contributed by atoms with Crippen LogP contribution in [0.25, 0.3) is 0 Å². The predicted molar refractivity (Wildman–Crippen MR) is 185 cm³/mol. The maximum Gasteiger partial charge on any atom is 0.408 e. The van der Waals surface area contributed by atoms with Crippen molar-refractivity contribution in [1.82, 2.24) is 19.5 Å². The molecule has 0 aliphatic carbocycles. The number of amides is 1. The van der Waals surface area contributed by atoms with Gasteiger partial charge in [-0.15, -0.1) is 0 Å². The number of carbonyl (C=O) groups is 1. The minimum atomic E-state index is -4.10. The van der Waals surface area contributed by atoms with Crippen LogP contribution in [0.15, 0.2) is 95.1 Å². The average Bonchev–Trinajstić information content (AvgIpc) is 2.96. The van der Waals surface area contributed by atoms with Crippen molar-refractivity contribution in [3.63, 3.8) is 0 Å². The van der Waals surface area contributed by atoms with Crippen molar-refractivity contribution in [3.8, 4) is 0 Å². The molecule has 0 aromatic heterocycles. The summed E-state index contributed by atoms with van der Waals surface area (Å²) >= 11 is 0. The minimum absolute atomic E-state index is 0.0746. The Morgan fingerprint density at radius 3 is 1.79 bits per heavy atom. The number of alkyl carbamates (subject to hydrolysis) is 1. The van der Waals surface area contributed by atoms with E-state index in [1.807, 2.05) is 36.4 Å². The molecule has 0 fully saturated rings. The quantitative estimate of drug-likeness (QED) is 0.190. The molecule has 2 aromatic rings. The van der Waals surface area contributed by atoms with Crippen molar-refractivity contribution in [2.75, 3.05) is 0 Å². The van der Waals surface area contributed by atoms with E-state index in [-0.39, 0.29) is 12.5 Å². The second-order valence-electron chi connectivity index (χ2n) is 12.2. The SMILES string of the molecule is CC(C)[C@@H](/C=C/S(=O)(=O)NCc1ccccc1)NS(=O)(=O)/C=C/[C@H](C)NS(=O)(=O)/C=C/[C@H](Cc1ccccc1)NC(=O)OC(C)(C)C. The molecule has 4 N–H and O–H groups in total. The van der Waals surface area contributed by atoms with Gasteiger partial charge in [0.2, 0.25) is 30.1 Å². The number of sulfonamides is 3. The highest BCUT2D eigenvalue weighted by molar-refractivity contribution is 7.93. The first-order valence-corrected chi connectivity index (χ1v) is 19.5. The van der Waals surface area contributed by atoms with Crippen molar-refractivity contribution in [1.29, 1.82) is 0 Å². The fraction of sp³-hybridized carbons (Fsp3) is 0.406. The molecule has 2 aromatic carbocycles. The van der Waals surface area contributed by atoms with Crippen molar-refractivity contribution < 1.29 is 34.8 Å². The van der Waals surface area contributed by atoms with E-state index in [1.54, 1.807) is 58.9 Å². The lowest BCUT2D eigenvalue weighted by Gasteiger charge is -2.22. The smallest absolute Gasteiger partial charge is 0.408 e. The normalized spacial score (nSPS) is 15.3. The molecule has 0 heterocycles. The summed E-state index contributed by atoms with van der Waals surface area (Å²) < 4.78 is 88.6. The van der Waals surface area contributed by atoms with Gasteiger partial charge in [-0.3, -0.25) is 0 Å². The van der Waals surface area contributed by atoms with Crippen LogP contribution in [0, 0.1) is 5.92 Å². The molecule has 3 atom stereocenters. The number of benzene rings is 2. The molecule has 1 amide bonds. The Hall–Kier alpha value is -3.34. The van der Waals surface area contributed by atoms with Gasteiger partial charge in [-0.05, 0) is 57.2 Å². The maximum atomic E-state index is 12.8. The molecule has 2 rings (SSSR count). The third kappa shape index (κ3) is 17.4. The lowest BCUT2D eigenvalue weighted by atomic mass is 10.1. The van der Waals surface area contributed by atoms with Gasteiger partial charge in [0.1, 0.15) is 5.60 Å². The van der Waals surface area contributed by atoms with Gasteiger partial charge in [-0.1, -0.05) is 86.7 Å². The standard InChI is InChI=1S/C32H46N4O8S3/c1-25(2)30(19-22-45(38,39)33-24-28-15-11-8-12-16-28)36-47(42,43)20-17-26(3)35-46(40,41)21-18-29(23-27-13-9-7-10-14-27)34-31(37)44-32(4,5)6/h7-22,25-26,29-30,33,35-36H,23-24H2,1-6H3,(H,34,37)/b20-17+,21-18+,22-19+/t26-,29+,30+/m0/s1. The molecule has 12 nitrogen and oxygen atoms in total. The van der Waals surface area contributed by atoms with Gasteiger partial charge in [-0.2, -0.15) is 0 Å². The highest BCUT2D eigenvalue weighted by Crippen LogP contribution is 2.11. The van der Waals surface area contributed by atoms with Crippen LogP contribution in [0.2, 0.25) is 0 Å².